The molecule has 200 valence electrons. The number of amides is 1. The van der Waals surface area contributed by atoms with Gasteiger partial charge in [-0.3, -0.25) is 14.7 Å². The molecule has 7 heteroatoms. The topological polar surface area (TPSA) is 104 Å². The molecule has 0 saturated heterocycles. The van der Waals surface area contributed by atoms with Gasteiger partial charge in [0.25, 0.3) is 0 Å². The number of ketones is 1. The molecule has 2 aromatic carbocycles. The summed E-state index contributed by atoms with van der Waals surface area (Å²) in [5.41, 5.74) is 3.93. The summed E-state index contributed by atoms with van der Waals surface area (Å²) in [5, 5.41) is 21.4. The molecule has 1 aromatic heterocycles. The van der Waals surface area contributed by atoms with Crippen molar-refractivity contribution < 1.29 is 19.4 Å². The Morgan fingerprint density at radius 1 is 1.26 bits per heavy atom. The van der Waals surface area contributed by atoms with Crippen molar-refractivity contribution >= 4 is 28.3 Å². The van der Waals surface area contributed by atoms with Crippen LogP contribution in [-0.2, 0) is 16.0 Å². The molecule has 3 N–H and O–H groups in total. The maximum Gasteiger partial charge on any atom is 0.224 e. The summed E-state index contributed by atoms with van der Waals surface area (Å²) >= 11 is 0. The second kappa shape index (κ2) is 9.75. The molecule has 3 aliphatic rings. The Morgan fingerprint density at radius 3 is 2.97 bits per heavy atom. The first-order valence-electron chi connectivity index (χ1n) is 14.1. The predicted octanol–water partition coefficient (Wildman–Crippen LogP) is 6.13. The Labute approximate surface area is 223 Å². The van der Waals surface area contributed by atoms with Crippen LogP contribution in [0.2, 0.25) is 0 Å². The number of phenols is 1. The van der Waals surface area contributed by atoms with E-state index in [0.29, 0.717) is 54.7 Å². The van der Waals surface area contributed by atoms with Crippen molar-refractivity contribution in [3.05, 3.63) is 47.7 Å². The van der Waals surface area contributed by atoms with Gasteiger partial charge in [-0.1, -0.05) is 6.92 Å². The van der Waals surface area contributed by atoms with Gasteiger partial charge in [0.05, 0.1) is 18.3 Å². The largest absolute Gasteiger partial charge is 0.504 e. The number of anilines is 1. The number of aromatic amines is 1. The molecule has 0 spiro atoms. The molecule has 3 aromatic rings. The number of hydrogen-bond donors (Lipinski definition) is 3. The van der Waals surface area contributed by atoms with E-state index < -0.39 is 0 Å². The minimum Gasteiger partial charge on any atom is -0.504 e. The van der Waals surface area contributed by atoms with Gasteiger partial charge in [0.1, 0.15) is 5.78 Å². The monoisotopic (exact) mass is 515 g/mol. The predicted molar refractivity (Wildman–Crippen MR) is 146 cm³/mol. The van der Waals surface area contributed by atoms with Crippen molar-refractivity contribution in [2.45, 2.75) is 71.1 Å². The molecule has 7 nitrogen and oxygen atoms in total. The van der Waals surface area contributed by atoms with Crippen LogP contribution in [0.15, 0.2) is 36.5 Å². The number of hydrogen-bond acceptors (Lipinski definition) is 5. The lowest BCUT2D eigenvalue weighted by Gasteiger charge is -2.50. The second-order valence-corrected chi connectivity index (χ2v) is 11.7. The van der Waals surface area contributed by atoms with Gasteiger partial charge in [-0.15, -0.1) is 0 Å². The molecule has 3 unspecified atom stereocenters. The van der Waals surface area contributed by atoms with E-state index in [4.69, 9.17) is 4.74 Å². The van der Waals surface area contributed by atoms with E-state index in [2.05, 4.69) is 28.5 Å². The lowest BCUT2D eigenvalue weighted by molar-refractivity contribution is -0.129. The summed E-state index contributed by atoms with van der Waals surface area (Å²) in [4.78, 5) is 26.0. The summed E-state index contributed by atoms with van der Waals surface area (Å²) < 4.78 is 5.72. The maximum atomic E-state index is 13.3. The first kappa shape index (κ1) is 25.0. The molecule has 0 bridgehead atoms. The lowest BCUT2D eigenvalue weighted by Crippen LogP contribution is -2.44. The number of carbonyl (C=O) groups excluding carboxylic acids is 2. The Morgan fingerprint density at radius 2 is 2.13 bits per heavy atom. The van der Waals surface area contributed by atoms with Gasteiger partial charge in [0, 0.05) is 29.3 Å². The smallest absolute Gasteiger partial charge is 0.224 e. The zero-order valence-corrected chi connectivity index (χ0v) is 22.3. The number of aromatic nitrogens is 2. The van der Waals surface area contributed by atoms with E-state index in [-0.39, 0.29) is 17.1 Å². The number of phenolic OH excluding ortho intramolecular Hbond substituents is 1. The molecule has 38 heavy (non-hydrogen) atoms. The van der Waals surface area contributed by atoms with Crippen LogP contribution in [0, 0.1) is 23.2 Å². The molecule has 0 aliphatic heterocycles. The number of Topliss-reactive ketones (excluding diaryl/α,β-unsaturated/α-hetero) is 1. The van der Waals surface area contributed by atoms with Crippen LogP contribution in [0.1, 0.15) is 75.8 Å². The van der Waals surface area contributed by atoms with E-state index in [1.165, 1.54) is 11.1 Å². The van der Waals surface area contributed by atoms with Crippen LogP contribution in [-0.4, -0.2) is 33.6 Å². The van der Waals surface area contributed by atoms with E-state index in [0.717, 1.165) is 55.1 Å². The second-order valence-electron chi connectivity index (χ2n) is 11.7. The van der Waals surface area contributed by atoms with Gasteiger partial charge in [-0.2, -0.15) is 5.10 Å². The van der Waals surface area contributed by atoms with Gasteiger partial charge in [-0.05, 0) is 111 Å². The fourth-order valence-electron chi connectivity index (χ4n) is 7.95. The number of H-pyrrole nitrogens is 1. The number of fused-ring (bicyclic) bond motifs is 6. The molecule has 1 heterocycles. The van der Waals surface area contributed by atoms with Crippen molar-refractivity contribution in [2.75, 3.05) is 11.9 Å². The molecule has 0 radical (unpaired) electrons. The highest BCUT2D eigenvalue weighted by Gasteiger charge is 2.58. The standard InChI is InChI=1S/C31H37N3O4/c1-3-38-27-16-24-18(13-26(27)35)8-10-23-22(24)11-12-31(2)28(36)14-19(30(23)31)5-4-6-29(37)33-21-9-7-20-17-32-34-25(20)15-21/h7,9,13,15-17,19,22-23,30,35H,3-6,8,10-12,14H2,1-2H3,(H,32,34)(H,33,37)/t19-,22?,23?,30?,31+/m0/s1. The average Bonchev–Trinajstić information content (AvgIpc) is 3.46. The van der Waals surface area contributed by atoms with E-state index in [9.17, 15) is 14.7 Å². The quantitative estimate of drug-likeness (QED) is 0.351. The minimum absolute atomic E-state index is 0.00678. The molecule has 2 saturated carbocycles. The number of aryl methyl sites for hydroxylation is 1. The van der Waals surface area contributed by atoms with E-state index in [1.54, 1.807) is 6.20 Å². The number of nitrogens with one attached hydrogen (secondary N) is 2. The number of ether oxygens (including phenoxy) is 1. The zero-order chi connectivity index (χ0) is 26.4. The number of rotatable bonds is 7. The highest BCUT2D eigenvalue weighted by atomic mass is 16.5. The number of aromatic hydroxyl groups is 1. The van der Waals surface area contributed by atoms with Crippen LogP contribution < -0.4 is 10.1 Å². The number of carbonyl (C=O) groups is 2. The SMILES string of the molecule is CCOc1cc2c(cc1O)CCC1C2CC[C@]2(C)C(=O)C[C@H](CCCC(=O)Nc3ccc4cn[nH]c4c3)C12. The summed E-state index contributed by atoms with van der Waals surface area (Å²) in [6, 6.07) is 9.70. The third-order valence-electron chi connectivity index (χ3n) is 9.65. The minimum atomic E-state index is -0.259. The third kappa shape index (κ3) is 4.26. The number of benzene rings is 2. The Balaban J connectivity index is 1.14. The highest BCUT2D eigenvalue weighted by Crippen LogP contribution is 2.62. The Hall–Kier alpha value is -3.35. The lowest BCUT2D eigenvalue weighted by atomic mass is 9.54. The number of nitrogens with zero attached hydrogens (tertiary/aromatic N) is 1. The van der Waals surface area contributed by atoms with Crippen LogP contribution >= 0.6 is 0 Å². The zero-order valence-electron chi connectivity index (χ0n) is 22.3. The van der Waals surface area contributed by atoms with Crippen molar-refractivity contribution in [3.63, 3.8) is 0 Å². The summed E-state index contributed by atoms with van der Waals surface area (Å²) in [6.07, 6.45) is 8.41. The molecule has 3 aliphatic carbocycles. The van der Waals surface area contributed by atoms with Gasteiger partial charge >= 0.3 is 0 Å². The van der Waals surface area contributed by atoms with Gasteiger partial charge < -0.3 is 15.2 Å². The third-order valence-corrected chi connectivity index (χ3v) is 9.65. The van der Waals surface area contributed by atoms with Crippen molar-refractivity contribution in [1.82, 2.24) is 10.2 Å². The summed E-state index contributed by atoms with van der Waals surface area (Å²) in [5.74, 6) is 2.72. The highest BCUT2D eigenvalue weighted by molar-refractivity contribution is 5.93. The van der Waals surface area contributed by atoms with Gasteiger partial charge in [0.15, 0.2) is 11.5 Å². The molecule has 6 rings (SSSR count). The molecule has 5 atom stereocenters. The van der Waals surface area contributed by atoms with Crippen LogP contribution in [0.5, 0.6) is 11.5 Å². The maximum absolute atomic E-state index is 13.3. The van der Waals surface area contributed by atoms with Crippen LogP contribution in [0.4, 0.5) is 5.69 Å². The first-order chi connectivity index (χ1) is 18.4. The van der Waals surface area contributed by atoms with Crippen molar-refractivity contribution in [3.8, 4) is 11.5 Å². The Bertz CT molecular complexity index is 1380. The fourth-order valence-corrected chi connectivity index (χ4v) is 7.95. The van der Waals surface area contributed by atoms with Crippen molar-refractivity contribution in [2.24, 2.45) is 23.2 Å². The van der Waals surface area contributed by atoms with Crippen LogP contribution in [0.3, 0.4) is 0 Å². The first-order valence-corrected chi connectivity index (χ1v) is 14.1. The van der Waals surface area contributed by atoms with E-state index >= 15 is 0 Å². The summed E-state index contributed by atoms with van der Waals surface area (Å²) in [6.45, 7) is 4.65. The van der Waals surface area contributed by atoms with Gasteiger partial charge in [0.2, 0.25) is 5.91 Å². The summed E-state index contributed by atoms with van der Waals surface area (Å²) in [7, 11) is 0. The van der Waals surface area contributed by atoms with E-state index in [1.807, 2.05) is 31.2 Å². The molecular weight excluding hydrogens is 478 g/mol. The normalized spacial score (nSPS) is 28.0. The molecular formula is C31H37N3O4. The fraction of sp³-hybridized carbons (Fsp3) is 0.516. The van der Waals surface area contributed by atoms with Crippen molar-refractivity contribution in [1.29, 1.82) is 0 Å². The molecule has 2 fully saturated rings. The van der Waals surface area contributed by atoms with Crippen LogP contribution in [0.25, 0.3) is 10.9 Å². The Kier molecular flexibility index (Phi) is 6.40. The van der Waals surface area contributed by atoms with Gasteiger partial charge in [-0.25, -0.2) is 0 Å². The average molecular weight is 516 g/mol. The molecule has 1 amide bonds.